The summed E-state index contributed by atoms with van der Waals surface area (Å²) in [5.74, 6) is 0.600. The largest absolute Gasteiger partial charge is 0.496 e. The topological polar surface area (TPSA) is 75.7 Å². The van der Waals surface area contributed by atoms with E-state index in [0.717, 1.165) is 34.4 Å². The number of aryl methyl sites for hydroxylation is 2. The van der Waals surface area contributed by atoms with E-state index in [2.05, 4.69) is 5.32 Å². The third-order valence-corrected chi connectivity index (χ3v) is 8.86. The van der Waals surface area contributed by atoms with Crippen LogP contribution >= 0.6 is 11.6 Å². The van der Waals surface area contributed by atoms with Crippen LogP contribution in [0, 0.1) is 13.8 Å². The molecule has 0 spiro atoms. The van der Waals surface area contributed by atoms with E-state index in [4.69, 9.17) is 16.3 Å². The normalized spacial score (nSPS) is 12.0. The summed E-state index contributed by atoms with van der Waals surface area (Å²) in [5, 5.41) is 3.55. The van der Waals surface area contributed by atoms with Crippen LogP contribution in [0.25, 0.3) is 0 Å². The Morgan fingerprint density at radius 3 is 2.25 bits per heavy atom. The van der Waals surface area contributed by atoms with Crippen molar-refractivity contribution in [1.29, 1.82) is 0 Å². The van der Waals surface area contributed by atoms with Gasteiger partial charge in [0.05, 0.1) is 30.3 Å². The van der Waals surface area contributed by atoms with Crippen molar-refractivity contribution in [3.05, 3.63) is 124 Å². The number of methoxy groups -OCH3 is 1. The monoisotopic (exact) mass is 576 g/mol. The van der Waals surface area contributed by atoms with Gasteiger partial charge in [0.15, 0.2) is 0 Å². The van der Waals surface area contributed by atoms with Crippen molar-refractivity contribution in [2.45, 2.75) is 44.7 Å². The molecule has 6 nitrogen and oxygen atoms in total. The van der Waals surface area contributed by atoms with Crippen LogP contribution in [-0.2, 0) is 16.6 Å². The molecule has 40 heavy (non-hydrogen) atoms. The molecule has 1 N–H and O–H groups in total. The summed E-state index contributed by atoms with van der Waals surface area (Å²) >= 11 is 6.26. The number of rotatable bonds is 10. The second-order valence-electron chi connectivity index (χ2n) is 9.62. The van der Waals surface area contributed by atoms with E-state index in [0.29, 0.717) is 16.3 Å². The Balaban J connectivity index is 1.58. The van der Waals surface area contributed by atoms with Gasteiger partial charge in [-0.05, 0) is 85.0 Å². The summed E-state index contributed by atoms with van der Waals surface area (Å²) in [6.07, 6.45) is 0.723. The van der Waals surface area contributed by atoms with Gasteiger partial charge in [-0.3, -0.25) is 9.10 Å². The van der Waals surface area contributed by atoms with Crippen LogP contribution < -0.4 is 14.4 Å². The molecule has 0 unspecified atom stereocenters. The van der Waals surface area contributed by atoms with Crippen molar-refractivity contribution < 1.29 is 17.9 Å². The van der Waals surface area contributed by atoms with Gasteiger partial charge in [0, 0.05) is 10.6 Å². The third-order valence-electron chi connectivity index (χ3n) is 6.85. The second kappa shape index (κ2) is 12.6. The molecule has 4 aromatic carbocycles. The third kappa shape index (κ3) is 6.49. The average Bonchev–Trinajstić information content (AvgIpc) is 2.96. The molecule has 8 heteroatoms. The molecule has 4 rings (SSSR count). The molecule has 1 amide bonds. The van der Waals surface area contributed by atoms with E-state index in [1.54, 1.807) is 79.9 Å². The van der Waals surface area contributed by atoms with Gasteiger partial charge in [0.2, 0.25) is 0 Å². The van der Waals surface area contributed by atoms with E-state index in [1.165, 1.54) is 4.31 Å². The number of carbonyl (C=O) groups excluding carboxylic acids is 1. The molecule has 0 fully saturated rings. The van der Waals surface area contributed by atoms with Crippen molar-refractivity contribution in [3.63, 3.8) is 0 Å². The van der Waals surface area contributed by atoms with Gasteiger partial charge in [0.1, 0.15) is 5.75 Å². The predicted octanol–water partition coefficient (Wildman–Crippen LogP) is 7.24. The smallest absolute Gasteiger partial charge is 0.264 e. The number of anilines is 1. The fourth-order valence-electron chi connectivity index (χ4n) is 4.58. The Morgan fingerprint density at radius 1 is 0.925 bits per heavy atom. The highest BCUT2D eigenvalue weighted by Crippen LogP contribution is 2.31. The summed E-state index contributed by atoms with van der Waals surface area (Å²) in [4.78, 5) is 13.3. The quantitative estimate of drug-likeness (QED) is 0.216. The first kappa shape index (κ1) is 29.2. The zero-order chi connectivity index (χ0) is 28.9. The first-order valence-electron chi connectivity index (χ1n) is 13.0. The molecule has 0 heterocycles. The summed E-state index contributed by atoms with van der Waals surface area (Å²) in [7, 11) is -2.25. The van der Waals surface area contributed by atoms with Gasteiger partial charge in [-0.2, -0.15) is 0 Å². The van der Waals surface area contributed by atoms with Crippen molar-refractivity contribution in [1.82, 2.24) is 5.32 Å². The van der Waals surface area contributed by atoms with Crippen LogP contribution in [0.2, 0.25) is 5.02 Å². The van der Waals surface area contributed by atoms with E-state index in [9.17, 15) is 13.2 Å². The lowest BCUT2D eigenvalue weighted by atomic mass is 10.0. The van der Waals surface area contributed by atoms with Crippen LogP contribution in [0.15, 0.2) is 95.9 Å². The second-order valence-corrected chi connectivity index (χ2v) is 11.9. The maximum atomic E-state index is 13.7. The zero-order valence-corrected chi connectivity index (χ0v) is 24.6. The highest BCUT2D eigenvalue weighted by atomic mass is 35.5. The molecule has 0 aliphatic carbocycles. The molecule has 208 valence electrons. The fraction of sp³-hybridized carbons (Fsp3) is 0.219. The van der Waals surface area contributed by atoms with Crippen LogP contribution in [0.1, 0.15) is 52.0 Å². The van der Waals surface area contributed by atoms with E-state index >= 15 is 0 Å². The number of nitrogens with one attached hydrogen (secondary N) is 1. The lowest BCUT2D eigenvalue weighted by Gasteiger charge is -2.26. The van der Waals surface area contributed by atoms with Crippen molar-refractivity contribution in [2.75, 3.05) is 11.4 Å². The number of sulfonamides is 1. The minimum Gasteiger partial charge on any atom is -0.496 e. The maximum absolute atomic E-state index is 13.7. The van der Waals surface area contributed by atoms with Crippen molar-refractivity contribution in [3.8, 4) is 5.75 Å². The number of carbonyl (C=O) groups is 1. The highest BCUT2D eigenvalue weighted by Gasteiger charge is 2.27. The number of ether oxygens (including phenoxy) is 1. The fourth-order valence-corrected chi connectivity index (χ4v) is 6.28. The summed E-state index contributed by atoms with van der Waals surface area (Å²) in [6, 6.07) is 26.2. The number of hydrogen-bond acceptors (Lipinski definition) is 4. The van der Waals surface area contributed by atoms with Gasteiger partial charge in [-0.15, -0.1) is 0 Å². The molecule has 0 radical (unpaired) electrons. The number of benzene rings is 4. The summed E-state index contributed by atoms with van der Waals surface area (Å²) in [6.45, 7) is 5.92. The minimum atomic E-state index is -3.89. The van der Waals surface area contributed by atoms with Crippen LogP contribution in [0.3, 0.4) is 0 Å². The standard InChI is InChI=1S/C32H33ClN2O4S/c1-5-29(26-16-18-31(39-4)23(3)19-26)34-32(36)25-14-12-24(13-15-25)21-35(30-20-27(33)17-11-22(30)2)40(37,38)28-9-7-6-8-10-28/h6-20,29H,5,21H2,1-4H3,(H,34,36)/t29-/m0/s1. The van der Waals surface area contributed by atoms with E-state index < -0.39 is 10.0 Å². The van der Waals surface area contributed by atoms with Crippen molar-refractivity contribution >= 4 is 33.2 Å². The predicted molar refractivity (Wildman–Crippen MR) is 161 cm³/mol. The lowest BCUT2D eigenvalue weighted by molar-refractivity contribution is 0.0935. The maximum Gasteiger partial charge on any atom is 0.264 e. The Morgan fingerprint density at radius 2 is 1.62 bits per heavy atom. The number of halogens is 1. The summed E-state index contributed by atoms with van der Waals surface area (Å²) in [5.41, 5.74) is 4.50. The molecule has 0 aliphatic rings. The minimum absolute atomic E-state index is 0.0724. The lowest BCUT2D eigenvalue weighted by Crippen LogP contribution is -2.31. The molecular weight excluding hydrogens is 544 g/mol. The Kier molecular flexibility index (Phi) is 9.17. The SMILES string of the molecule is CC[C@H](NC(=O)c1ccc(CN(c2cc(Cl)ccc2C)S(=O)(=O)c2ccccc2)cc1)c1ccc(OC)c(C)c1. The van der Waals surface area contributed by atoms with Crippen LogP contribution in [0.4, 0.5) is 5.69 Å². The molecular formula is C32H33ClN2O4S. The molecule has 0 saturated heterocycles. The molecule has 0 aliphatic heterocycles. The van der Waals surface area contributed by atoms with Gasteiger partial charge in [-0.25, -0.2) is 8.42 Å². The van der Waals surface area contributed by atoms with Gasteiger partial charge < -0.3 is 10.1 Å². The molecule has 0 saturated carbocycles. The van der Waals surface area contributed by atoms with Crippen molar-refractivity contribution in [2.24, 2.45) is 0 Å². The Hall–Kier alpha value is -3.81. The first-order chi connectivity index (χ1) is 19.1. The molecule has 0 bridgehead atoms. The number of nitrogens with zero attached hydrogens (tertiary/aromatic N) is 1. The molecule has 0 aromatic heterocycles. The number of amides is 1. The van der Waals surface area contributed by atoms with Gasteiger partial charge >= 0.3 is 0 Å². The first-order valence-corrected chi connectivity index (χ1v) is 14.8. The Labute approximate surface area is 241 Å². The highest BCUT2D eigenvalue weighted by molar-refractivity contribution is 7.92. The number of hydrogen-bond donors (Lipinski definition) is 1. The summed E-state index contributed by atoms with van der Waals surface area (Å²) < 4.78 is 34.2. The van der Waals surface area contributed by atoms with E-state index in [1.807, 2.05) is 39.0 Å². The van der Waals surface area contributed by atoms with Crippen LogP contribution in [0.5, 0.6) is 5.75 Å². The van der Waals surface area contributed by atoms with Crippen LogP contribution in [-0.4, -0.2) is 21.4 Å². The Bertz CT molecular complexity index is 1590. The van der Waals surface area contributed by atoms with Gasteiger partial charge in [0.25, 0.3) is 15.9 Å². The molecule has 1 atom stereocenters. The van der Waals surface area contributed by atoms with Gasteiger partial charge in [-0.1, -0.05) is 67.1 Å². The van der Waals surface area contributed by atoms with E-state index in [-0.39, 0.29) is 23.4 Å². The average molecular weight is 577 g/mol. The molecule has 4 aromatic rings. The zero-order valence-electron chi connectivity index (χ0n) is 23.0.